The molecule has 0 radical (unpaired) electrons. The van der Waals surface area contributed by atoms with Crippen LogP contribution in [0.15, 0.2) is 12.1 Å². The van der Waals surface area contributed by atoms with E-state index in [1.807, 2.05) is 20.8 Å². The van der Waals surface area contributed by atoms with Gasteiger partial charge in [-0.1, -0.05) is 0 Å². The van der Waals surface area contributed by atoms with Crippen molar-refractivity contribution in [3.63, 3.8) is 0 Å². The normalized spacial score (nSPS) is 21.2. The number of amides is 1. The van der Waals surface area contributed by atoms with E-state index >= 15 is 0 Å². The number of morpholine rings is 2. The van der Waals surface area contributed by atoms with Crippen LogP contribution >= 0.6 is 0 Å². The molecule has 2 heterocycles. The van der Waals surface area contributed by atoms with Crippen molar-refractivity contribution in [2.24, 2.45) is 0 Å². The van der Waals surface area contributed by atoms with Crippen LogP contribution in [0.25, 0.3) is 0 Å². The second kappa shape index (κ2) is 11.3. The molecule has 1 N–H and O–H groups in total. The third kappa shape index (κ3) is 7.01. The van der Waals surface area contributed by atoms with Gasteiger partial charge in [-0.3, -0.25) is 9.80 Å². The van der Waals surface area contributed by atoms with Gasteiger partial charge < -0.3 is 19.5 Å². The molecule has 0 spiro atoms. The Labute approximate surface area is 199 Å². The molecule has 0 saturated carbocycles. The molecule has 2 aliphatic heterocycles. The summed E-state index contributed by atoms with van der Waals surface area (Å²) >= 11 is 0. The third-order valence-electron chi connectivity index (χ3n) is 6.12. The Morgan fingerprint density at radius 2 is 1.68 bits per heavy atom. The van der Waals surface area contributed by atoms with Crippen LogP contribution in [-0.4, -0.2) is 96.1 Å². The number of rotatable bonds is 9. The number of fused-ring (bicyclic) bond motifs is 2. The molecular formula is C24H34F2N4O4. The van der Waals surface area contributed by atoms with E-state index in [9.17, 15) is 18.7 Å². The minimum atomic E-state index is -0.893. The van der Waals surface area contributed by atoms with Crippen LogP contribution in [0.5, 0.6) is 5.75 Å². The highest BCUT2D eigenvalue weighted by Gasteiger charge is 2.34. The van der Waals surface area contributed by atoms with Gasteiger partial charge in [-0.05, 0) is 45.7 Å². The molecule has 188 valence electrons. The van der Waals surface area contributed by atoms with Crippen molar-refractivity contribution in [2.75, 3.05) is 52.4 Å². The average molecular weight is 481 g/mol. The van der Waals surface area contributed by atoms with E-state index in [0.29, 0.717) is 13.0 Å². The molecule has 8 nitrogen and oxygen atoms in total. The molecule has 2 aliphatic rings. The van der Waals surface area contributed by atoms with Crippen molar-refractivity contribution in [2.45, 2.75) is 51.4 Å². The molecule has 2 atom stereocenters. The molecule has 3 rings (SSSR count). The molecule has 1 aromatic rings. The number of halogens is 2. The molecule has 0 aromatic heterocycles. The van der Waals surface area contributed by atoms with Gasteiger partial charge in [0.05, 0.1) is 30.4 Å². The summed E-state index contributed by atoms with van der Waals surface area (Å²) in [4.78, 5) is 17.6. The standard InChI is InChI=1S/C24H34F2N4O4/c1-24(2,3)30(23(31)32)8-4-6-28-13-18-15-29(16-19(14-28)34-18)7-5-9-33-22-20(25)10-17(12-27)11-21(22)26/h10-11,18-19H,4-9,13-16H2,1-3H3,(H,31,32). The molecule has 2 fully saturated rings. The van der Waals surface area contributed by atoms with Crippen LogP contribution in [0.2, 0.25) is 0 Å². The van der Waals surface area contributed by atoms with E-state index in [1.165, 1.54) is 4.90 Å². The third-order valence-corrected chi connectivity index (χ3v) is 6.12. The number of benzene rings is 1. The highest BCUT2D eigenvalue weighted by atomic mass is 19.1. The molecule has 2 saturated heterocycles. The summed E-state index contributed by atoms with van der Waals surface area (Å²) in [5.74, 6) is -2.18. The molecular weight excluding hydrogens is 446 g/mol. The smallest absolute Gasteiger partial charge is 0.407 e. The maximum absolute atomic E-state index is 13.9. The molecule has 10 heteroatoms. The first-order chi connectivity index (χ1) is 16.1. The first-order valence-corrected chi connectivity index (χ1v) is 11.7. The van der Waals surface area contributed by atoms with E-state index in [2.05, 4.69) is 9.80 Å². The summed E-state index contributed by atoms with van der Waals surface area (Å²) in [5, 5.41) is 18.2. The zero-order chi connectivity index (χ0) is 24.9. The predicted octanol–water partition coefficient (Wildman–Crippen LogP) is 3.16. The zero-order valence-electron chi connectivity index (χ0n) is 20.1. The number of ether oxygens (including phenoxy) is 2. The van der Waals surface area contributed by atoms with Crippen LogP contribution < -0.4 is 4.74 Å². The van der Waals surface area contributed by atoms with Gasteiger partial charge >= 0.3 is 6.09 Å². The van der Waals surface area contributed by atoms with Gasteiger partial charge in [0.25, 0.3) is 0 Å². The Hall–Kier alpha value is -2.48. The summed E-state index contributed by atoms with van der Waals surface area (Å²) in [6.07, 6.45) is 0.655. The quantitative estimate of drug-likeness (QED) is 0.543. The average Bonchev–Trinajstić information content (AvgIpc) is 2.73. The summed E-state index contributed by atoms with van der Waals surface area (Å²) in [7, 11) is 0. The lowest BCUT2D eigenvalue weighted by Crippen LogP contribution is -2.59. The number of nitriles is 1. The number of carbonyl (C=O) groups is 1. The van der Waals surface area contributed by atoms with E-state index in [4.69, 9.17) is 14.7 Å². The highest BCUT2D eigenvalue weighted by molar-refractivity contribution is 5.65. The van der Waals surface area contributed by atoms with Gasteiger partial charge in [0.15, 0.2) is 17.4 Å². The highest BCUT2D eigenvalue weighted by Crippen LogP contribution is 2.24. The van der Waals surface area contributed by atoms with Gasteiger partial charge in [-0.15, -0.1) is 0 Å². The SMILES string of the molecule is CC(C)(C)N(CCCN1CC2CN(CCCOc3c(F)cc(C#N)cc3F)CC(C1)O2)C(=O)O. The number of carboxylic acid groups (broad SMARTS) is 1. The Kier molecular flexibility index (Phi) is 8.68. The lowest BCUT2D eigenvalue weighted by Gasteiger charge is -2.46. The minimum Gasteiger partial charge on any atom is -0.488 e. The Bertz CT molecular complexity index is 865. The summed E-state index contributed by atoms with van der Waals surface area (Å²) < 4.78 is 39.2. The number of nitrogens with zero attached hydrogens (tertiary/aromatic N) is 4. The van der Waals surface area contributed by atoms with Crippen molar-refractivity contribution >= 4 is 6.09 Å². The summed E-state index contributed by atoms with van der Waals surface area (Å²) in [5.41, 5.74) is -0.500. The van der Waals surface area contributed by atoms with Gasteiger partial charge in [0.2, 0.25) is 0 Å². The first-order valence-electron chi connectivity index (χ1n) is 11.7. The lowest BCUT2D eigenvalue weighted by molar-refractivity contribution is -0.139. The van der Waals surface area contributed by atoms with Crippen molar-refractivity contribution in [3.8, 4) is 11.8 Å². The maximum Gasteiger partial charge on any atom is 0.407 e. The second-order valence-corrected chi connectivity index (χ2v) is 9.94. The Balaban J connectivity index is 1.39. The lowest BCUT2D eigenvalue weighted by atomic mass is 10.1. The summed E-state index contributed by atoms with van der Waals surface area (Å²) in [6.45, 7) is 11.1. The van der Waals surface area contributed by atoms with Gasteiger partial charge in [-0.25, -0.2) is 13.6 Å². The van der Waals surface area contributed by atoms with Crippen molar-refractivity contribution < 1.29 is 28.2 Å². The fourth-order valence-corrected chi connectivity index (χ4v) is 4.62. The van der Waals surface area contributed by atoms with E-state index in [-0.39, 0.29) is 24.4 Å². The van der Waals surface area contributed by atoms with Crippen LogP contribution in [0.3, 0.4) is 0 Å². The van der Waals surface area contributed by atoms with Gasteiger partial charge in [-0.2, -0.15) is 5.26 Å². The minimum absolute atomic E-state index is 0.0790. The van der Waals surface area contributed by atoms with E-state index in [1.54, 1.807) is 6.07 Å². The number of hydrogen-bond donors (Lipinski definition) is 1. The molecule has 2 bridgehead atoms. The second-order valence-electron chi connectivity index (χ2n) is 9.94. The molecule has 0 aliphatic carbocycles. The zero-order valence-corrected chi connectivity index (χ0v) is 20.1. The molecule has 1 aromatic carbocycles. The Morgan fingerprint density at radius 3 is 2.15 bits per heavy atom. The fourth-order valence-electron chi connectivity index (χ4n) is 4.62. The predicted molar refractivity (Wildman–Crippen MR) is 122 cm³/mol. The van der Waals surface area contributed by atoms with Crippen LogP contribution in [-0.2, 0) is 4.74 Å². The monoisotopic (exact) mass is 480 g/mol. The van der Waals surface area contributed by atoms with Crippen LogP contribution in [0.4, 0.5) is 13.6 Å². The first kappa shape index (κ1) is 26.1. The Morgan fingerprint density at radius 1 is 1.15 bits per heavy atom. The number of hydrogen-bond acceptors (Lipinski definition) is 6. The summed E-state index contributed by atoms with van der Waals surface area (Å²) in [6, 6.07) is 3.65. The van der Waals surface area contributed by atoms with Gasteiger partial charge in [0, 0.05) is 51.4 Å². The van der Waals surface area contributed by atoms with Crippen molar-refractivity contribution in [1.82, 2.24) is 14.7 Å². The molecule has 1 amide bonds. The van der Waals surface area contributed by atoms with Crippen molar-refractivity contribution in [1.29, 1.82) is 5.26 Å². The van der Waals surface area contributed by atoms with Crippen molar-refractivity contribution in [3.05, 3.63) is 29.3 Å². The fraction of sp³-hybridized carbons (Fsp3) is 0.667. The van der Waals surface area contributed by atoms with Crippen LogP contribution in [0, 0.1) is 23.0 Å². The van der Waals surface area contributed by atoms with E-state index in [0.717, 1.165) is 57.8 Å². The van der Waals surface area contributed by atoms with E-state index < -0.39 is 29.0 Å². The molecule has 2 unspecified atom stereocenters. The topological polar surface area (TPSA) is 89.3 Å². The van der Waals surface area contributed by atoms with Gasteiger partial charge in [0.1, 0.15) is 0 Å². The largest absolute Gasteiger partial charge is 0.488 e. The maximum atomic E-state index is 13.9. The van der Waals surface area contributed by atoms with Crippen LogP contribution in [0.1, 0.15) is 39.2 Å². The molecule has 34 heavy (non-hydrogen) atoms.